The number of thiophene rings is 1. The molecule has 1 unspecified atom stereocenters. The Morgan fingerprint density at radius 1 is 1.12 bits per heavy atom. The van der Waals surface area contributed by atoms with E-state index in [-0.39, 0.29) is 12.1 Å². The predicted octanol–water partition coefficient (Wildman–Crippen LogP) is 3.58. The third kappa shape index (κ3) is 2.87. The number of hydrogen-bond donors (Lipinski definition) is 1. The highest BCUT2D eigenvalue weighted by molar-refractivity contribution is 7.10. The van der Waals surface area contributed by atoms with Crippen molar-refractivity contribution in [2.45, 2.75) is 26.0 Å². The van der Waals surface area contributed by atoms with Crippen molar-refractivity contribution >= 4 is 11.3 Å². The molecular weight excluding hydrogens is 230 g/mol. The summed E-state index contributed by atoms with van der Waals surface area (Å²) in [7, 11) is 0. The molecule has 17 heavy (non-hydrogen) atoms. The summed E-state index contributed by atoms with van der Waals surface area (Å²) in [5.74, 6) is 0.878. The number of nitrogens with two attached hydrogens (primary N) is 1. The third-order valence-corrected chi connectivity index (χ3v) is 3.42. The van der Waals surface area contributed by atoms with Gasteiger partial charge in [0.2, 0.25) is 0 Å². The number of para-hydroxylation sites is 1. The molecule has 2 rings (SSSR count). The lowest BCUT2D eigenvalue weighted by Gasteiger charge is -2.17. The van der Waals surface area contributed by atoms with Gasteiger partial charge in [-0.3, -0.25) is 0 Å². The van der Waals surface area contributed by atoms with Crippen LogP contribution in [0.3, 0.4) is 0 Å². The monoisotopic (exact) mass is 247 g/mol. The van der Waals surface area contributed by atoms with E-state index in [0.29, 0.717) is 0 Å². The Morgan fingerprint density at radius 2 is 1.88 bits per heavy atom. The van der Waals surface area contributed by atoms with Gasteiger partial charge in [-0.1, -0.05) is 24.3 Å². The summed E-state index contributed by atoms with van der Waals surface area (Å²) in [6.45, 7) is 4.04. The van der Waals surface area contributed by atoms with E-state index in [9.17, 15) is 0 Å². The largest absolute Gasteiger partial charge is 0.491 e. The maximum absolute atomic E-state index is 6.27. The summed E-state index contributed by atoms with van der Waals surface area (Å²) < 4.78 is 5.79. The zero-order valence-electron chi connectivity index (χ0n) is 10.1. The summed E-state index contributed by atoms with van der Waals surface area (Å²) in [4.78, 5) is 1.16. The van der Waals surface area contributed by atoms with Crippen molar-refractivity contribution < 1.29 is 4.74 Å². The molecule has 0 aliphatic carbocycles. The minimum absolute atomic E-state index is 0.107. The van der Waals surface area contributed by atoms with E-state index in [1.54, 1.807) is 11.3 Å². The highest BCUT2D eigenvalue weighted by atomic mass is 32.1. The number of benzene rings is 1. The maximum atomic E-state index is 6.27. The van der Waals surface area contributed by atoms with Gasteiger partial charge < -0.3 is 10.5 Å². The van der Waals surface area contributed by atoms with Crippen LogP contribution in [0, 0.1) is 0 Å². The van der Waals surface area contributed by atoms with Crippen LogP contribution in [0.2, 0.25) is 0 Å². The Bertz CT molecular complexity index is 465. The second-order valence-corrected chi connectivity index (χ2v) is 5.18. The standard InChI is InChI=1S/C14H17NOS/c1-10(2)16-12-7-4-3-6-11(12)14(15)13-8-5-9-17-13/h3-10,14H,15H2,1-2H3. The van der Waals surface area contributed by atoms with E-state index in [1.807, 2.05) is 49.6 Å². The highest BCUT2D eigenvalue weighted by Gasteiger charge is 2.15. The maximum Gasteiger partial charge on any atom is 0.124 e. The Balaban J connectivity index is 2.31. The summed E-state index contributed by atoms with van der Waals surface area (Å²) in [5.41, 5.74) is 7.31. The smallest absolute Gasteiger partial charge is 0.124 e. The quantitative estimate of drug-likeness (QED) is 0.896. The van der Waals surface area contributed by atoms with Crippen LogP contribution in [-0.4, -0.2) is 6.10 Å². The van der Waals surface area contributed by atoms with Gasteiger partial charge in [0, 0.05) is 10.4 Å². The van der Waals surface area contributed by atoms with Gasteiger partial charge in [-0.2, -0.15) is 0 Å². The van der Waals surface area contributed by atoms with Crippen LogP contribution < -0.4 is 10.5 Å². The van der Waals surface area contributed by atoms with Gasteiger partial charge in [-0.15, -0.1) is 11.3 Å². The first-order valence-electron chi connectivity index (χ1n) is 5.73. The molecule has 0 spiro atoms. The molecule has 3 heteroatoms. The topological polar surface area (TPSA) is 35.2 Å². The SMILES string of the molecule is CC(C)Oc1ccccc1C(N)c1cccs1. The van der Waals surface area contributed by atoms with Gasteiger partial charge in [0.1, 0.15) is 5.75 Å². The molecule has 1 aromatic carbocycles. The van der Waals surface area contributed by atoms with Crippen molar-refractivity contribution in [3.8, 4) is 5.75 Å². The lowest BCUT2D eigenvalue weighted by molar-refractivity contribution is 0.239. The van der Waals surface area contributed by atoms with Gasteiger partial charge in [0.05, 0.1) is 12.1 Å². The van der Waals surface area contributed by atoms with Crippen molar-refractivity contribution in [1.82, 2.24) is 0 Å². The van der Waals surface area contributed by atoms with Crippen LogP contribution in [0.5, 0.6) is 5.75 Å². The molecule has 1 heterocycles. The molecule has 0 radical (unpaired) electrons. The minimum Gasteiger partial charge on any atom is -0.491 e. The molecule has 0 amide bonds. The Morgan fingerprint density at radius 3 is 2.53 bits per heavy atom. The second-order valence-electron chi connectivity index (χ2n) is 4.20. The van der Waals surface area contributed by atoms with Gasteiger partial charge in [0.25, 0.3) is 0 Å². The first kappa shape index (κ1) is 12.1. The fraction of sp³-hybridized carbons (Fsp3) is 0.286. The minimum atomic E-state index is -0.107. The van der Waals surface area contributed by atoms with Crippen LogP contribution in [0.4, 0.5) is 0 Å². The van der Waals surface area contributed by atoms with Gasteiger partial charge in [-0.25, -0.2) is 0 Å². The predicted molar refractivity (Wildman–Crippen MR) is 72.6 cm³/mol. The number of hydrogen-bond acceptors (Lipinski definition) is 3. The molecule has 0 saturated carbocycles. The number of ether oxygens (including phenoxy) is 1. The van der Waals surface area contributed by atoms with E-state index >= 15 is 0 Å². The van der Waals surface area contributed by atoms with E-state index in [2.05, 4.69) is 6.07 Å². The zero-order valence-corrected chi connectivity index (χ0v) is 10.9. The lowest BCUT2D eigenvalue weighted by Crippen LogP contribution is -2.14. The average molecular weight is 247 g/mol. The second kappa shape index (κ2) is 5.34. The normalized spacial score (nSPS) is 12.7. The molecular formula is C14H17NOS. The molecule has 90 valence electrons. The van der Waals surface area contributed by atoms with Crippen LogP contribution in [-0.2, 0) is 0 Å². The molecule has 1 aromatic heterocycles. The number of rotatable bonds is 4. The average Bonchev–Trinajstić information content (AvgIpc) is 2.81. The third-order valence-electron chi connectivity index (χ3n) is 2.47. The molecule has 1 atom stereocenters. The van der Waals surface area contributed by atoms with Crippen molar-refractivity contribution in [3.05, 3.63) is 52.2 Å². The molecule has 0 aliphatic heterocycles. The molecule has 0 bridgehead atoms. The first-order chi connectivity index (χ1) is 8.18. The lowest BCUT2D eigenvalue weighted by atomic mass is 10.1. The van der Waals surface area contributed by atoms with Gasteiger partial charge in [-0.05, 0) is 31.4 Å². The van der Waals surface area contributed by atoms with E-state index in [1.165, 1.54) is 0 Å². The molecule has 0 aliphatic rings. The van der Waals surface area contributed by atoms with Crippen molar-refractivity contribution in [3.63, 3.8) is 0 Å². The Hall–Kier alpha value is -1.32. The van der Waals surface area contributed by atoms with Crippen molar-refractivity contribution in [2.75, 3.05) is 0 Å². The Kier molecular flexibility index (Phi) is 3.82. The van der Waals surface area contributed by atoms with E-state index in [0.717, 1.165) is 16.2 Å². The van der Waals surface area contributed by atoms with E-state index < -0.39 is 0 Å². The van der Waals surface area contributed by atoms with Crippen LogP contribution >= 0.6 is 11.3 Å². The van der Waals surface area contributed by atoms with E-state index in [4.69, 9.17) is 10.5 Å². The fourth-order valence-corrected chi connectivity index (χ4v) is 2.47. The van der Waals surface area contributed by atoms with Crippen LogP contribution in [0.25, 0.3) is 0 Å². The molecule has 2 nitrogen and oxygen atoms in total. The van der Waals surface area contributed by atoms with Crippen LogP contribution in [0.15, 0.2) is 41.8 Å². The summed E-state index contributed by atoms with van der Waals surface area (Å²) >= 11 is 1.67. The molecule has 2 aromatic rings. The summed E-state index contributed by atoms with van der Waals surface area (Å²) in [6, 6.07) is 11.9. The van der Waals surface area contributed by atoms with Crippen molar-refractivity contribution in [1.29, 1.82) is 0 Å². The Labute approximate surface area is 106 Å². The zero-order chi connectivity index (χ0) is 12.3. The van der Waals surface area contributed by atoms with Crippen molar-refractivity contribution in [2.24, 2.45) is 5.73 Å². The summed E-state index contributed by atoms with van der Waals surface area (Å²) in [5, 5.41) is 2.04. The fourth-order valence-electron chi connectivity index (χ4n) is 1.72. The first-order valence-corrected chi connectivity index (χ1v) is 6.61. The highest BCUT2D eigenvalue weighted by Crippen LogP contribution is 2.30. The van der Waals surface area contributed by atoms with Gasteiger partial charge >= 0.3 is 0 Å². The molecule has 0 fully saturated rings. The van der Waals surface area contributed by atoms with Gasteiger partial charge in [0.15, 0.2) is 0 Å². The summed E-state index contributed by atoms with van der Waals surface area (Å²) in [6.07, 6.45) is 0.159. The molecule has 2 N–H and O–H groups in total. The molecule has 0 saturated heterocycles. The van der Waals surface area contributed by atoms with Crippen LogP contribution in [0.1, 0.15) is 30.3 Å².